The third kappa shape index (κ3) is 4.09. The van der Waals surface area contributed by atoms with Crippen molar-refractivity contribution in [1.82, 2.24) is 10.2 Å². The number of halogens is 1. The molecule has 0 bridgehead atoms. The van der Waals surface area contributed by atoms with Crippen molar-refractivity contribution in [3.63, 3.8) is 0 Å². The van der Waals surface area contributed by atoms with Gasteiger partial charge in [0.25, 0.3) is 0 Å². The molecule has 1 saturated heterocycles. The van der Waals surface area contributed by atoms with Crippen LogP contribution in [-0.4, -0.2) is 29.5 Å². The summed E-state index contributed by atoms with van der Waals surface area (Å²) in [6.07, 6.45) is 0. The Labute approximate surface area is 140 Å². The molecular weight excluding hydrogens is 340 g/mol. The highest BCUT2D eigenvalue weighted by atomic mass is 79.9. The van der Waals surface area contributed by atoms with Crippen LogP contribution in [0.1, 0.15) is 11.1 Å². The van der Waals surface area contributed by atoms with Gasteiger partial charge in [-0.25, -0.2) is 0 Å². The summed E-state index contributed by atoms with van der Waals surface area (Å²) in [7, 11) is 0. The van der Waals surface area contributed by atoms with E-state index in [1.807, 2.05) is 24.3 Å². The van der Waals surface area contributed by atoms with Crippen LogP contribution >= 0.6 is 15.9 Å². The predicted octanol–water partition coefficient (Wildman–Crippen LogP) is 3.39. The van der Waals surface area contributed by atoms with Gasteiger partial charge in [-0.3, -0.25) is 4.90 Å². The average molecular weight is 361 g/mol. The number of nitrogens with one attached hydrogen (secondary N) is 1. The second kappa shape index (κ2) is 7.77. The smallest absolute Gasteiger partial charge is 0.124 e. The number of para-hydroxylation sites is 1. The summed E-state index contributed by atoms with van der Waals surface area (Å²) in [4.78, 5) is 2.81. The molecule has 0 radical (unpaired) electrons. The first-order valence-electron chi connectivity index (χ1n) is 7.66. The quantitative estimate of drug-likeness (QED) is 0.653. The van der Waals surface area contributed by atoms with Crippen LogP contribution in [0.4, 0.5) is 0 Å². The van der Waals surface area contributed by atoms with Crippen molar-refractivity contribution < 1.29 is 4.74 Å². The molecule has 1 N–H and O–H groups in total. The molecule has 1 aliphatic rings. The van der Waals surface area contributed by atoms with Crippen LogP contribution in [0.25, 0.3) is 0 Å². The predicted molar refractivity (Wildman–Crippen MR) is 93.2 cm³/mol. The Balaban J connectivity index is 1.67. The minimum absolute atomic E-state index is 0.378. The van der Waals surface area contributed by atoms with Gasteiger partial charge in [0.1, 0.15) is 12.4 Å². The molecule has 1 unspecified atom stereocenters. The molecule has 0 spiro atoms. The van der Waals surface area contributed by atoms with Gasteiger partial charge < -0.3 is 10.1 Å². The zero-order valence-corrected chi connectivity index (χ0v) is 14.1. The summed E-state index contributed by atoms with van der Waals surface area (Å²) in [5, 5.41) is 3.39. The van der Waals surface area contributed by atoms with Gasteiger partial charge in [-0.2, -0.15) is 0 Å². The van der Waals surface area contributed by atoms with E-state index in [1.165, 1.54) is 11.1 Å². The van der Waals surface area contributed by atoms with Crippen molar-refractivity contribution in [2.24, 2.45) is 0 Å². The molecule has 0 saturated carbocycles. The molecule has 1 atom stereocenters. The number of alkyl halides is 1. The van der Waals surface area contributed by atoms with E-state index >= 15 is 0 Å². The SMILES string of the molecule is BrC1CNCCN1Cc1ccccc1OCc1ccccc1. The molecule has 3 rings (SSSR count). The normalized spacial score (nSPS) is 19.0. The molecular formula is C18H21BrN2O. The molecule has 2 aromatic carbocycles. The summed E-state index contributed by atoms with van der Waals surface area (Å²) >= 11 is 3.74. The Morgan fingerprint density at radius 1 is 1.09 bits per heavy atom. The third-order valence-electron chi connectivity index (χ3n) is 3.87. The number of hydrogen-bond donors (Lipinski definition) is 1. The van der Waals surface area contributed by atoms with E-state index in [2.05, 4.69) is 56.5 Å². The molecule has 1 fully saturated rings. The van der Waals surface area contributed by atoms with E-state index in [4.69, 9.17) is 4.74 Å². The zero-order valence-electron chi connectivity index (χ0n) is 12.5. The number of rotatable bonds is 5. The van der Waals surface area contributed by atoms with Crippen LogP contribution in [0.3, 0.4) is 0 Å². The molecule has 4 heteroatoms. The Morgan fingerprint density at radius 2 is 1.86 bits per heavy atom. The average Bonchev–Trinajstić information content (AvgIpc) is 2.57. The molecule has 22 heavy (non-hydrogen) atoms. The number of ether oxygens (including phenoxy) is 1. The topological polar surface area (TPSA) is 24.5 Å². The molecule has 2 aromatic rings. The highest BCUT2D eigenvalue weighted by Crippen LogP contribution is 2.23. The second-order valence-electron chi connectivity index (χ2n) is 5.49. The maximum absolute atomic E-state index is 6.04. The standard InChI is InChI=1S/C18H21BrN2O/c19-18-12-20-10-11-21(18)13-16-8-4-5-9-17(16)22-14-15-6-2-1-3-7-15/h1-9,18,20H,10-14H2. The van der Waals surface area contributed by atoms with E-state index in [0.717, 1.165) is 31.9 Å². The van der Waals surface area contributed by atoms with Crippen LogP contribution in [-0.2, 0) is 13.2 Å². The molecule has 0 aliphatic carbocycles. The lowest BCUT2D eigenvalue weighted by atomic mass is 10.1. The van der Waals surface area contributed by atoms with Crippen LogP contribution in [0, 0.1) is 0 Å². The van der Waals surface area contributed by atoms with E-state index < -0.39 is 0 Å². The number of benzene rings is 2. The van der Waals surface area contributed by atoms with Crippen LogP contribution < -0.4 is 10.1 Å². The Morgan fingerprint density at radius 3 is 2.68 bits per heavy atom. The largest absolute Gasteiger partial charge is 0.489 e. The summed E-state index contributed by atoms with van der Waals surface area (Å²) in [6, 6.07) is 18.6. The molecule has 116 valence electrons. The van der Waals surface area contributed by atoms with Crippen molar-refractivity contribution >= 4 is 15.9 Å². The maximum atomic E-state index is 6.04. The van der Waals surface area contributed by atoms with Crippen molar-refractivity contribution in [3.8, 4) is 5.75 Å². The van der Waals surface area contributed by atoms with Crippen molar-refractivity contribution in [2.45, 2.75) is 18.1 Å². The summed E-state index contributed by atoms with van der Waals surface area (Å²) in [5.41, 5.74) is 2.43. The minimum atomic E-state index is 0.378. The maximum Gasteiger partial charge on any atom is 0.124 e. The first-order valence-corrected chi connectivity index (χ1v) is 8.58. The third-order valence-corrected chi connectivity index (χ3v) is 4.77. The van der Waals surface area contributed by atoms with Gasteiger partial charge in [0.2, 0.25) is 0 Å². The lowest BCUT2D eigenvalue weighted by Gasteiger charge is -2.32. The fraction of sp³-hybridized carbons (Fsp3) is 0.333. The fourth-order valence-corrected chi connectivity index (χ4v) is 3.20. The number of hydrogen-bond acceptors (Lipinski definition) is 3. The van der Waals surface area contributed by atoms with E-state index in [1.54, 1.807) is 0 Å². The van der Waals surface area contributed by atoms with Crippen molar-refractivity contribution in [1.29, 1.82) is 0 Å². The second-order valence-corrected chi connectivity index (χ2v) is 6.55. The van der Waals surface area contributed by atoms with Gasteiger partial charge in [-0.15, -0.1) is 0 Å². The molecule has 3 nitrogen and oxygen atoms in total. The lowest BCUT2D eigenvalue weighted by Crippen LogP contribution is -2.47. The van der Waals surface area contributed by atoms with Crippen LogP contribution in [0.5, 0.6) is 5.75 Å². The highest BCUT2D eigenvalue weighted by molar-refractivity contribution is 9.09. The van der Waals surface area contributed by atoms with Gasteiger partial charge in [-0.1, -0.05) is 64.5 Å². The van der Waals surface area contributed by atoms with E-state index in [-0.39, 0.29) is 0 Å². The first-order chi connectivity index (χ1) is 10.8. The Bertz CT molecular complexity index is 591. The minimum Gasteiger partial charge on any atom is -0.489 e. The molecule has 1 aliphatic heterocycles. The van der Waals surface area contributed by atoms with Crippen molar-refractivity contribution in [2.75, 3.05) is 19.6 Å². The monoisotopic (exact) mass is 360 g/mol. The number of nitrogens with zero attached hydrogens (tertiary/aromatic N) is 1. The fourth-order valence-electron chi connectivity index (χ4n) is 2.62. The molecule has 0 aromatic heterocycles. The Kier molecular flexibility index (Phi) is 5.48. The van der Waals surface area contributed by atoms with Gasteiger partial charge in [0, 0.05) is 31.7 Å². The number of piperazine rings is 1. The molecule has 0 amide bonds. The van der Waals surface area contributed by atoms with Gasteiger partial charge in [0.05, 0.1) is 4.95 Å². The van der Waals surface area contributed by atoms with Gasteiger partial charge in [0.15, 0.2) is 0 Å². The van der Waals surface area contributed by atoms with E-state index in [9.17, 15) is 0 Å². The van der Waals surface area contributed by atoms with Crippen LogP contribution in [0.15, 0.2) is 54.6 Å². The highest BCUT2D eigenvalue weighted by Gasteiger charge is 2.20. The summed E-state index contributed by atoms with van der Waals surface area (Å²) in [5.74, 6) is 0.976. The first kappa shape index (κ1) is 15.5. The molecule has 1 heterocycles. The van der Waals surface area contributed by atoms with E-state index in [0.29, 0.717) is 11.6 Å². The summed E-state index contributed by atoms with van der Waals surface area (Å²) in [6.45, 7) is 4.57. The van der Waals surface area contributed by atoms with Crippen molar-refractivity contribution in [3.05, 3.63) is 65.7 Å². The summed E-state index contributed by atoms with van der Waals surface area (Å²) < 4.78 is 6.04. The zero-order chi connectivity index (χ0) is 15.2. The van der Waals surface area contributed by atoms with Gasteiger partial charge in [-0.05, 0) is 11.6 Å². The lowest BCUT2D eigenvalue weighted by molar-refractivity contribution is 0.209. The van der Waals surface area contributed by atoms with Gasteiger partial charge >= 0.3 is 0 Å². The van der Waals surface area contributed by atoms with Crippen LogP contribution in [0.2, 0.25) is 0 Å². The Hall–Kier alpha value is -1.36.